The monoisotopic (exact) mass is 231 g/mol. The number of hydrogen-bond acceptors (Lipinski definition) is 5. The predicted molar refractivity (Wildman–Crippen MR) is 52.8 cm³/mol. The SMILES string of the molecule is COC(=O)c1cnc(CN)c(N)c1C(F)F. The quantitative estimate of drug-likeness (QED) is 0.752. The Kier molecular flexibility index (Phi) is 3.73. The number of esters is 1. The van der Waals surface area contributed by atoms with E-state index < -0.39 is 18.0 Å². The zero-order valence-electron chi connectivity index (χ0n) is 8.54. The molecule has 4 N–H and O–H groups in total. The Bertz CT molecular complexity index is 410. The number of hydrogen-bond donors (Lipinski definition) is 2. The lowest BCUT2D eigenvalue weighted by Crippen LogP contribution is -2.14. The third-order valence-corrected chi connectivity index (χ3v) is 2.06. The van der Waals surface area contributed by atoms with E-state index in [1.165, 1.54) is 0 Å². The second-order valence-corrected chi connectivity index (χ2v) is 2.94. The first kappa shape index (κ1) is 12.3. The Labute approximate surface area is 90.4 Å². The first-order valence-corrected chi connectivity index (χ1v) is 4.36. The molecule has 0 unspecified atom stereocenters. The highest BCUT2D eigenvalue weighted by molar-refractivity contribution is 5.92. The third kappa shape index (κ3) is 2.08. The minimum Gasteiger partial charge on any atom is -0.465 e. The van der Waals surface area contributed by atoms with E-state index in [2.05, 4.69) is 9.72 Å². The lowest BCUT2D eigenvalue weighted by Gasteiger charge is -2.12. The fourth-order valence-corrected chi connectivity index (χ4v) is 1.25. The molecule has 16 heavy (non-hydrogen) atoms. The molecule has 0 aromatic carbocycles. The number of rotatable bonds is 3. The minimum absolute atomic E-state index is 0.0764. The summed E-state index contributed by atoms with van der Waals surface area (Å²) >= 11 is 0. The molecule has 0 amide bonds. The molecule has 1 aromatic heterocycles. The highest BCUT2D eigenvalue weighted by Gasteiger charge is 2.24. The van der Waals surface area contributed by atoms with Crippen LogP contribution in [0.1, 0.15) is 28.0 Å². The number of alkyl halides is 2. The summed E-state index contributed by atoms with van der Waals surface area (Å²) in [4.78, 5) is 14.9. The number of pyridine rings is 1. The average Bonchev–Trinajstić information content (AvgIpc) is 2.26. The van der Waals surface area contributed by atoms with Crippen molar-refractivity contribution in [2.45, 2.75) is 13.0 Å². The van der Waals surface area contributed by atoms with Crippen molar-refractivity contribution in [1.82, 2.24) is 4.98 Å². The number of nitrogens with two attached hydrogens (primary N) is 2. The highest BCUT2D eigenvalue weighted by Crippen LogP contribution is 2.30. The molecule has 0 spiro atoms. The van der Waals surface area contributed by atoms with Crippen LogP contribution in [0.4, 0.5) is 14.5 Å². The number of anilines is 1. The summed E-state index contributed by atoms with van der Waals surface area (Å²) < 4.78 is 29.8. The van der Waals surface area contributed by atoms with E-state index >= 15 is 0 Å². The van der Waals surface area contributed by atoms with Crippen molar-refractivity contribution in [3.63, 3.8) is 0 Å². The molecule has 0 bridgehead atoms. The van der Waals surface area contributed by atoms with Gasteiger partial charge in [-0.2, -0.15) is 0 Å². The van der Waals surface area contributed by atoms with Crippen LogP contribution in [0, 0.1) is 0 Å². The summed E-state index contributed by atoms with van der Waals surface area (Å²) in [6.45, 7) is -0.0764. The molecule has 1 rings (SSSR count). The summed E-state index contributed by atoms with van der Waals surface area (Å²) in [6.07, 6.45) is -1.89. The molecular formula is C9H11F2N3O2. The van der Waals surface area contributed by atoms with Crippen LogP contribution in [0.3, 0.4) is 0 Å². The van der Waals surface area contributed by atoms with Crippen LogP contribution in [0.25, 0.3) is 0 Å². The molecule has 7 heteroatoms. The standard InChI is InChI=1S/C9H11F2N3O2/c1-16-9(15)4-3-14-5(2-12)7(13)6(4)8(10)11/h3,8H,2,12-13H2,1H3. The number of halogens is 2. The lowest BCUT2D eigenvalue weighted by molar-refractivity contribution is 0.0589. The molecule has 88 valence electrons. The molecular weight excluding hydrogens is 220 g/mol. The van der Waals surface area contributed by atoms with E-state index in [1.807, 2.05) is 0 Å². The second-order valence-electron chi connectivity index (χ2n) is 2.94. The topological polar surface area (TPSA) is 91.2 Å². The molecule has 0 aliphatic carbocycles. The maximum Gasteiger partial charge on any atom is 0.340 e. The van der Waals surface area contributed by atoms with Crippen molar-refractivity contribution in [3.05, 3.63) is 23.0 Å². The van der Waals surface area contributed by atoms with Gasteiger partial charge < -0.3 is 16.2 Å². The van der Waals surface area contributed by atoms with Gasteiger partial charge in [-0.25, -0.2) is 13.6 Å². The number of carbonyl (C=O) groups is 1. The maximum absolute atomic E-state index is 12.7. The van der Waals surface area contributed by atoms with Crippen molar-refractivity contribution in [2.75, 3.05) is 12.8 Å². The molecule has 0 radical (unpaired) electrons. The molecule has 1 aromatic rings. The van der Waals surface area contributed by atoms with Crippen molar-refractivity contribution < 1.29 is 18.3 Å². The van der Waals surface area contributed by atoms with Crippen LogP contribution in [0.15, 0.2) is 6.20 Å². The van der Waals surface area contributed by atoms with Gasteiger partial charge in [0, 0.05) is 12.7 Å². The fourth-order valence-electron chi connectivity index (χ4n) is 1.25. The zero-order valence-corrected chi connectivity index (χ0v) is 8.54. The van der Waals surface area contributed by atoms with Crippen molar-refractivity contribution in [1.29, 1.82) is 0 Å². The van der Waals surface area contributed by atoms with Crippen LogP contribution >= 0.6 is 0 Å². The van der Waals surface area contributed by atoms with E-state index in [1.54, 1.807) is 0 Å². The number of nitrogens with zero attached hydrogens (tertiary/aromatic N) is 1. The van der Waals surface area contributed by atoms with Crippen LogP contribution in [-0.2, 0) is 11.3 Å². The molecule has 0 saturated heterocycles. The van der Waals surface area contributed by atoms with E-state index in [-0.39, 0.29) is 23.5 Å². The van der Waals surface area contributed by atoms with Gasteiger partial charge in [-0.05, 0) is 0 Å². The largest absolute Gasteiger partial charge is 0.465 e. The molecule has 5 nitrogen and oxygen atoms in total. The van der Waals surface area contributed by atoms with Gasteiger partial charge in [-0.3, -0.25) is 4.98 Å². The second kappa shape index (κ2) is 4.84. The maximum atomic E-state index is 12.7. The minimum atomic E-state index is -2.89. The van der Waals surface area contributed by atoms with E-state index in [9.17, 15) is 13.6 Å². The summed E-state index contributed by atoms with van der Waals surface area (Å²) in [7, 11) is 1.09. The molecule has 0 saturated carbocycles. The van der Waals surface area contributed by atoms with Crippen molar-refractivity contribution >= 4 is 11.7 Å². The first-order valence-electron chi connectivity index (χ1n) is 4.36. The van der Waals surface area contributed by atoms with Gasteiger partial charge in [0.15, 0.2) is 0 Å². The van der Waals surface area contributed by atoms with Gasteiger partial charge in [-0.15, -0.1) is 0 Å². The molecule has 1 heterocycles. The summed E-state index contributed by atoms with van der Waals surface area (Å²) in [6, 6.07) is 0. The molecule has 0 atom stereocenters. The van der Waals surface area contributed by atoms with E-state index in [0.29, 0.717) is 0 Å². The van der Waals surface area contributed by atoms with Gasteiger partial charge >= 0.3 is 5.97 Å². The number of carbonyl (C=O) groups excluding carboxylic acids is 1. The van der Waals surface area contributed by atoms with Gasteiger partial charge in [0.2, 0.25) is 0 Å². The summed E-state index contributed by atoms with van der Waals surface area (Å²) in [5.74, 6) is -0.905. The van der Waals surface area contributed by atoms with Crippen LogP contribution in [0.5, 0.6) is 0 Å². The number of nitrogen functional groups attached to an aromatic ring is 1. The van der Waals surface area contributed by atoms with Gasteiger partial charge in [0.25, 0.3) is 6.43 Å². The molecule has 0 aliphatic heterocycles. The Morgan fingerprint density at radius 2 is 2.25 bits per heavy atom. The van der Waals surface area contributed by atoms with Crippen molar-refractivity contribution in [2.24, 2.45) is 5.73 Å². The Morgan fingerprint density at radius 3 is 2.69 bits per heavy atom. The van der Waals surface area contributed by atoms with Crippen LogP contribution < -0.4 is 11.5 Å². The summed E-state index contributed by atoms with van der Waals surface area (Å²) in [5, 5.41) is 0. The van der Waals surface area contributed by atoms with Gasteiger partial charge in [0.1, 0.15) is 0 Å². The van der Waals surface area contributed by atoms with E-state index in [4.69, 9.17) is 11.5 Å². The van der Waals surface area contributed by atoms with Crippen LogP contribution in [-0.4, -0.2) is 18.1 Å². The Balaban J connectivity index is 3.40. The smallest absolute Gasteiger partial charge is 0.340 e. The first-order chi connectivity index (χ1) is 7.52. The number of ether oxygens (including phenoxy) is 1. The van der Waals surface area contributed by atoms with Crippen molar-refractivity contribution in [3.8, 4) is 0 Å². The lowest BCUT2D eigenvalue weighted by atomic mass is 10.1. The molecule has 0 fully saturated rings. The van der Waals surface area contributed by atoms with Gasteiger partial charge in [-0.1, -0.05) is 0 Å². The Hall–Kier alpha value is -1.76. The number of aromatic nitrogens is 1. The fraction of sp³-hybridized carbons (Fsp3) is 0.333. The normalized spacial score (nSPS) is 10.6. The zero-order chi connectivity index (χ0) is 12.3. The predicted octanol–water partition coefficient (Wildman–Crippen LogP) is 0.847. The average molecular weight is 231 g/mol. The highest BCUT2D eigenvalue weighted by atomic mass is 19.3. The third-order valence-electron chi connectivity index (χ3n) is 2.06. The Morgan fingerprint density at radius 1 is 1.62 bits per heavy atom. The van der Waals surface area contributed by atoms with Gasteiger partial charge in [0.05, 0.1) is 29.6 Å². The number of methoxy groups -OCH3 is 1. The van der Waals surface area contributed by atoms with E-state index in [0.717, 1.165) is 13.3 Å². The molecule has 0 aliphatic rings. The van der Waals surface area contributed by atoms with Crippen LogP contribution in [0.2, 0.25) is 0 Å². The summed E-state index contributed by atoms with van der Waals surface area (Å²) in [5.41, 5.74) is 9.68.